The average Bonchev–Trinajstić information content (AvgIpc) is 3.36. The number of ether oxygens (including phenoxy) is 1. The summed E-state index contributed by atoms with van der Waals surface area (Å²) in [6.07, 6.45) is 4.30. The van der Waals surface area contributed by atoms with Gasteiger partial charge in [-0.1, -0.05) is 36.4 Å². The molecule has 1 N–H and O–H groups in total. The van der Waals surface area contributed by atoms with Gasteiger partial charge in [0.25, 0.3) is 11.8 Å². The summed E-state index contributed by atoms with van der Waals surface area (Å²) in [6.45, 7) is 1.33. The Bertz CT molecular complexity index is 1600. The van der Waals surface area contributed by atoms with Crippen molar-refractivity contribution in [3.8, 4) is 5.75 Å². The number of carbonyl (C=O) groups is 3. The summed E-state index contributed by atoms with van der Waals surface area (Å²) < 4.78 is 49.3. The maximum atomic E-state index is 14.2. The Balaban J connectivity index is 1.57. The number of hydrogen-bond acceptors (Lipinski definition) is 5. The standard InChI is InChI=1S/C30H26F3N3O5/c1-17(6-5-11-37)35-15-20-9-10-24-25(29(39)34-14-21-22(32)12-19(31)13-23(21)33)27(38)28(26(30(35)40)36(20)24)41-16-18-7-3-2-4-8-18/h2-8,11-13,17,20H,9-10,14-16H2,1H3,(H,34,39)/b6-5-/t17-,20+/m0/s1. The van der Waals surface area contributed by atoms with Crippen LogP contribution in [0.25, 0.3) is 0 Å². The second kappa shape index (κ2) is 11.4. The van der Waals surface area contributed by atoms with Crippen LogP contribution in [0.3, 0.4) is 0 Å². The van der Waals surface area contributed by atoms with E-state index in [9.17, 15) is 32.3 Å². The first kappa shape index (κ1) is 27.9. The van der Waals surface area contributed by atoms with Gasteiger partial charge in [-0.15, -0.1) is 0 Å². The van der Waals surface area contributed by atoms with Crippen LogP contribution in [-0.4, -0.2) is 40.2 Å². The number of amides is 2. The fraction of sp³-hybridized carbons (Fsp3) is 0.267. The lowest BCUT2D eigenvalue weighted by atomic mass is 10.1. The number of aldehydes is 1. The molecule has 0 unspecified atom stereocenters. The lowest BCUT2D eigenvalue weighted by Crippen LogP contribution is -2.48. The highest BCUT2D eigenvalue weighted by Crippen LogP contribution is 2.38. The number of nitrogens with one attached hydrogen (secondary N) is 1. The molecule has 2 atom stereocenters. The van der Waals surface area contributed by atoms with Crippen LogP contribution < -0.4 is 15.5 Å². The van der Waals surface area contributed by atoms with Crippen molar-refractivity contribution in [2.75, 3.05) is 6.54 Å². The molecule has 0 radical (unpaired) electrons. The number of halogens is 3. The SMILES string of the molecule is C[C@@H](/C=C\C=O)N1C[C@H]2CCc3c(C(=O)NCc4c(F)cc(F)cc4F)c(=O)c(OCc4ccccc4)c(n32)C1=O. The summed E-state index contributed by atoms with van der Waals surface area (Å²) in [5.74, 6) is -5.15. The summed E-state index contributed by atoms with van der Waals surface area (Å²) in [6, 6.07) is 9.21. The minimum absolute atomic E-state index is 0.00760. The third-order valence-electron chi connectivity index (χ3n) is 7.36. The summed E-state index contributed by atoms with van der Waals surface area (Å²) in [4.78, 5) is 53.4. The Morgan fingerprint density at radius 2 is 1.85 bits per heavy atom. The number of rotatable bonds is 9. The van der Waals surface area contributed by atoms with Crippen molar-refractivity contribution >= 4 is 18.1 Å². The number of hydrogen-bond donors (Lipinski definition) is 1. The van der Waals surface area contributed by atoms with Gasteiger partial charge in [0.15, 0.2) is 11.4 Å². The second-order valence-electron chi connectivity index (χ2n) is 9.92. The lowest BCUT2D eigenvalue weighted by Gasteiger charge is -2.37. The van der Waals surface area contributed by atoms with Crippen molar-refractivity contribution in [2.24, 2.45) is 0 Å². The topological polar surface area (TPSA) is 97.7 Å². The summed E-state index contributed by atoms with van der Waals surface area (Å²) >= 11 is 0. The highest BCUT2D eigenvalue weighted by molar-refractivity contribution is 6.00. The van der Waals surface area contributed by atoms with Crippen LogP contribution >= 0.6 is 0 Å². The van der Waals surface area contributed by atoms with Crippen LogP contribution in [0, 0.1) is 17.5 Å². The molecule has 5 rings (SSSR count). The van der Waals surface area contributed by atoms with E-state index in [4.69, 9.17) is 4.74 Å². The minimum atomic E-state index is -1.18. The minimum Gasteiger partial charge on any atom is -0.483 e. The van der Waals surface area contributed by atoms with E-state index in [1.165, 1.54) is 6.08 Å². The van der Waals surface area contributed by atoms with Crippen molar-refractivity contribution in [3.05, 3.63) is 110 Å². The molecular formula is C30H26F3N3O5. The van der Waals surface area contributed by atoms with E-state index in [1.54, 1.807) is 46.7 Å². The molecule has 8 nitrogen and oxygen atoms in total. The van der Waals surface area contributed by atoms with Crippen LogP contribution in [0.2, 0.25) is 0 Å². The van der Waals surface area contributed by atoms with Gasteiger partial charge in [-0.2, -0.15) is 0 Å². The Hall–Kier alpha value is -4.67. The number of aromatic nitrogens is 1. The van der Waals surface area contributed by atoms with Crippen molar-refractivity contribution < 1.29 is 32.3 Å². The molecule has 41 heavy (non-hydrogen) atoms. The van der Waals surface area contributed by atoms with E-state index in [0.717, 1.165) is 5.56 Å². The first-order valence-corrected chi connectivity index (χ1v) is 13.0. The van der Waals surface area contributed by atoms with Gasteiger partial charge in [0.2, 0.25) is 5.43 Å². The predicted molar refractivity (Wildman–Crippen MR) is 142 cm³/mol. The molecule has 0 saturated carbocycles. The maximum absolute atomic E-state index is 14.2. The number of nitrogens with zero attached hydrogens (tertiary/aromatic N) is 2. The molecular weight excluding hydrogens is 539 g/mol. The Labute approximate surface area is 233 Å². The Kier molecular flexibility index (Phi) is 7.78. The van der Waals surface area contributed by atoms with E-state index >= 15 is 0 Å². The largest absolute Gasteiger partial charge is 0.483 e. The van der Waals surface area contributed by atoms with Crippen LogP contribution in [0.4, 0.5) is 13.2 Å². The van der Waals surface area contributed by atoms with Gasteiger partial charge >= 0.3 is 0 Å². The zero-order valence-corrected chi connectivity index (χ0v) is 22.0. The van der Waals surface area contributed by atoms with Crippen molar-refractivity contribution in [2.45, 2.75) is 45.0 Å². The van der Waals surface area contributed by atoms with Crippen LogP contribution in [0.1, 0.15) is 57.1 Å². The average molecular weight is 566 g/mol. The van der Waals surface area contributed by atoms with E-state index in [2.05, 4.69) is 5.32 Å². The number of allylic oxidation sites excluding steroid dienone is 1. The van der Waals surface area contributed by atoms with Crippen molar-refractivity contribution in [1.82, 2.24) is 14.8 Å². The van der Waals surface area contributed by atoms with Crippen LogP contribution in [0.5, 0.6) is 5.75 Å². The molecule has 0 bridgehead atoms. The van der Waals surface area contributed by atoms with E-state index in [1.807, 2.05) is 6.07 Å². The highest BCUT2D eigenvalue weighted by atomic mass is 19.1. The quantitative estimate of drug-likeness (QED) is 0.314. The summed E-state index contributed by atoms with van der Waals surface area (Å²) in [5.41, 5.74) is -0.617. The predicted octanol–water partition coefficient (Wildman–Crippen LogP) is 3.86. The van der Waals surface area contributed by atoms with Crippen LogP contribution in [0.15, 0.2) is 59.4 Å². The van der Waals surface area contributed by atoms with Gasteiger partial charge in [-0.25, -0.2) is 13.2 Å². The zero-order valence-electron chi connectivity index (χ0n) is 22.0. The van der Waals surface area contributed by atoms with Crippen molar-refractivity contribution in [3.63, 3.8) is 0 Å². The first-order valence-electron chi connectivity index (χ1n) is 13.0. The molecule has 2 aliphatic heterocycles. The second-order valence-corrected chi connectivity index (χ2v) is 9.92. The number of carbonyl (C=O) groups excluding carboxylic acids is 3. The molecule has 2 amide bonds. The summed E-state index contributed by atoms with van der Waals surface area (Å²) in [7, 11) is 0. The highest BCUT2D eigenvalue weighted by Gasteiger charge is 2.42. The fourth-order valence-electron chi connectivity index (χ4n) is 5.37. The molecule has 212 valence electrons. The summed E-state index contributed by atoms with van der Waals surface area (Å²) in [5, 5.41) is 2.37. The van der Waals surface area contributed by atoms with Gasteiger partial charge in [-0.05, 0) is 31.4 Å². The Morgan fingerprint density at radius 3 is 2.54 bits per heavy atom. The smallest absolute Gasteiger partial charge is 0.275 e. The first-order chi connectivity index (χ1) is 19.7. The maximum Gasteiger partial charge on any atom is 0.275 e. The van der Waals surface area contributed by atoms with E-state index < -0.39 is 52.8 Å². The molecule has 0 fully saturated rings. The fourth-order valence-corrected chi connectivity index (χ4v) is 5.37. The third kappa shape index (κ3) is 5.27. The van der Waals surface area contributed by atoms with E-state index in [-0.39, 0.29) is 36.2 Å². The van der Waals surface area contributed by atoms with E-state index in [0.29, 0.717) is 37.0 Å². The van der Waals surface area contributed by atoms with Gasteiger partial charge in [0, 0.05) is 42.5 Å². The number of benzene rings is 2. The number of pyridine rings is 1. The van der Waals surface area contributed by atoms with Gasteiger partial charge in [-0.3, -0.25) is 19.2 Å². The molecule has 0 aliphatic carbocycles. The normalized spacial score (nSPS) is 16.5. The zero-order chi connectivity index (χ0) is 29.3. The lowest BCUT2D eigenvalue weighted by molar-refractivity contribution is -0.104. The third-order valence-corrected chi connectivity index (χ3v) is 7.36. The molecule has 1 aromatic heterocycles. The molecule has 2 aromatic carbocycles. The molecule has 2 aliphatic rings. The van der Waals surface area contributed by atoms with Gasteiger partial charge in [0.1, 0.15) is 35.9 Å². The molecule has 3 aromatic rings. The monoisotopic (exact) mass is 565 g/mol. The molecule has 3 heterocycles. The van der Waals surface area contributed by atoms with Crippen molar-refractivity contribution in [1.29, 1.82) is 0 Å². The van der Waals surface area contributed by atoms with Crippen LogP contribution in [-0.2, 0) is 24.4 Å². The van der Waals surface area contributed by atoms with Gasteiger partial charge < -0.3 is 19.5 Å². The van der Waals surface area contributed by atoms with Gasteiger partial charge in [0.05, 0.1) is 6.04 Å². The molecule has 0 saturated heterocycles. The molecule has 11 heteroatoms. The molecule has 0 spiro atoms. The Morgan fingerprint density at radius 1 is 1.15 bits per heavy atom.